The number of halogens is 3. The second-order valence-electron chi connectivity index (χ2n) is 6.83. The highest BCUT2D eigenvalue weighted by Crippen LogP contribution is 2.33. The minimum Gasteiger partial charge on any atom is -0.383 e. The van der Waals surface area contributed by atoms with Crippen molar-refractivity contribution in [2.75, 3.05) is 12.4 Å². The molecule has 0 saturated carbocycles. The largest absolute Gasteiger partial charge is 0.416 e. The van der Waals surface area contributed by atoms with Gasteiger partial charge in [0.15, 0.2) is 0 Å². The molecule has 4 rings (SSSR count). The number of nitrogens with zero attached hydrogens (tertiary/aromatic N) is 3. The highest BCUT2D eigenvalue weighted by atomic mass is 19.4. The average Bonchev–Trinajstić information content (AvgIpc) is 3.09. The Morgan fingerprint density at radius 1 is 1.23 bits per heavy atom. The van der Waals surface area contributed by atoms with E-state index in [1.807, 2.05) is 0 Å². The molecule has 154 valence electrons. The van der Waals surface area contributed by atoms with Gasteiger partial charge < -0.3 is 5.32 Å². The molecule has 0 radical (unpaired) electrons. The molecule has 1 aliphatic rings. The van der Waals surface area contributed by atoms with E-state index >= 15 is 0 Å². The molecule has 0 bridgehead atoms. The second-order valence-corrected chi connectivity index (χ2v) is 6.83. The molecule has 0 atom stereocenters. The molecule has 7 nitrogen and oxygen atoms in total. The van der Waals surface area contributed by atoms with Crippen LogP contribution in [0, 0.1) is 10.1 Å². The molecule has 0 spiro atoms. The number of alkyl halides is 3. The highest BCUT2D eigenvalue weighted by Gasteiger charge is 2.31. The Morgan fingerprint density at radius 3 is 2.67 bits per heavy atom. The molecule has 0 amide bonds. The van der Waals surface area contributed by atoms with Gasteiger partial charge >= 0.3 is 6.18 Å². The third kappa shape index (κ3) is 3.30. The van der Waals surface area contributed by atoms with Gasteiger partial charge in [0.05, 0.1) is 21.4 Å². The van der Waals surface area contributed by atoms with Crippen LogP contribution >= 0.6 is 0 Å². The molecule has 1 aliphatic heterocycles. The van der Waals surface area contributed by atoms with E-state index in [1.54, 1.807) is 25.3 Å². The summed E-state index contributed by atoms with van der Waals surface area (Å²) in [5, 5.41) is 14.1. The molecule has 30 heavy (non-hydrogen) atoms. The normalized spacial score (nSPS) is 14.9. The summed E-state index contributed by atoms with van der Waals surface area (Å²) >= 11 is 0. The Balaban J connectivity index is 1.85. The topological polar surface area (TPSA) is 90.1 Å². The van der Waals surface area contributed by atoms with Crippen molar-refractivity contribution in [1.29, 1.82) is 0 Å². The van der Waals surface area contributed by atoms with Crippen LogP contribution in [0.25, 0.3) is 22.6 Å². The molecule has 3 aromatic rings. The summed E-state index contributed by atoms with van der Waals surface area (Å²) in [5.74, 6) is 0.271. The zero-order valence-electron chi connectivity index (χ0n) is 15.7. The van der Waals surface area contributed by atoms with Crippen molar-refractivity contribution in [2.45, 2.75) is 19.1 Å². The van der Waals surface area contributed by atoms with Gasteiger partial charge in [0.25, 0.3) is 11.2 Å². The lowest BCUT2D eigenvalue weighted by Crippen LogP contribution is -2.21. The molecule has 0 unspecified atom stereocenters. The zero-order chi connectivity index (χ0) is 21.6. The molecular weight excluding hydrogens is 401 g/mol. The number of hydrogen-bond acceptors (Lipinski definition) is 5. The number of aromatic nitrogens is 2. The van der Waals surface area contributed by atoms with Crippen molar-refractivity contribution < 1.29 is 18.1 Å². The maximum Gasteiger partial charge on any atom is 0.416 e. The smallest absolute Gasteiger partial charge is 0.383 e. The van der Waals surface area contributed by atoms with Crippen LogP contribution < -0.4 is 10.9 Å². The lowest BCUT2D eigenvalue weighted by molar-refractivity contribution is -0.383. The molecule has 2 heterocycles. The Labute approximate surface area is 167 Å². The summed E-state index contributed by atoms with van der Waals surface area (Å²) in [6.45, 7) is 0.334. The molecule has 10 heteroatoms. The Hall–Kier alpha value is -3.69. The fourth-order valence-electron chi connectivity index (χ4n) is 3.53. The maximum absolute atomic E-state index is 13.0. The van der Waals surface area contributed by atoms with Crippen LogP contribution in [0.2, 0.25) is 0 Å². The van der Waals surface area contributed by atoms with Crippen LogP contribution in [0.5, 0.6) is 0 Å². The minimum atomic E-state index is -4.54. The Morgan fingerprint density at radius 2 is 2.00 bits per heavy atom. The number of rotatable bonds is 3. The number of nitrogens with one attached hydrogen (secondary N) is 1. The van der Waals surface area contributed by atoms with Gasteiger partial charge in [0, 0.05) is 19.7 Å². The molecule has 2 aromatic carbocycles. The van der Waals surface area contributed by atoms with Gasteiger partial charge in [-0.2, -0.15) is 13.2 Å². The van der Waals surface area contributed by atoms with Crippen LogP contribution in [-0.4, -0.2) is 21.5 Å². The third-order valence-corrected chi connectivity index (χ3v) is 5.00. The van der Waals surface area contributed by atoms with E-state index in [-0.39, 0.29) is 22.4 Å². The van der Waals surface area contributed by atoms with E-state index in [0.29, 0.717) is 29.8 Å². The lowest BCUT2D eigenvalue weighted by Gasteiger charge is -2.09. The summed E-state index contributed by atoms with van der Waals surface area (Å²) in [6, 6.07) is 7.50. The van der Waals surface area contributed by atoms with Crippen molar-refractivity contribution in [3.63, 3.8) is 0 Å². The summed E-state index contributed by atoms with van der Waals surface area (Å²) in [7, 11) is 1.57. The minimum absolute atomic E-state index is 0.0367. The molecule has 1 N–H and O–H groups in total. The number of anilines is 1. The van der Waals surface area contributed by atoms with Crippen molar-refractivity contribution in [1.82, 2.24) is 9.55 Å². The van der Waals surface area contributed by atoms with Crippen LogP contribution in [0.4, 0.5) is 24.5 Å². The standard InChI is InChI=1S/C20H15F3N4O3/c1-24-15-5-2-11(9-17(15)27(29)30)8-12-6-7-26-18(12)25-16-10-13(20(21,22)23)3-4-14(16)19(26)28/h2-5,8-10,24H,6-7H2,1H3/b12-8-. The number of benzene rings is 2. The first-order chi connectivity index (χ1) is 14.2. The van der Waals surface area contributed by atoms with Gasteiger partial charge in [-0.1, -0.05) is 6.07 Å². The lowest BCUT2D eigenvalue weighted by atomic mass is 10.1. The van der Waals surface area contributed by atoms with Crippen molar-refractivity contribution >= 4 is 33.9 Å². The Bertz CT molecular complexity index is 1280. The van der Waals surface area contributed by atoms with Crippen LogP contribution in [-0.2, 0) is 12.7 Å². The van der Waals surface area contributed by atoms with Crippen molar-refractivity contribution in [3.05, 3.63) is 73.8 Å². The van der Waals surface area contributed by atoms with E-state index in [4.69, 9.17) is 0 Å². The van der Waals surface area contributed by atoms with Gasteiger partial charge in [-0.3, -0.25) is 19.5 Å². The van der Waals surface area contributed by atoms with Crippen LogP contribution in [0.1, 0.15) is 23.4 Å². The number of allylic oxidation sites excluding steroid dienone is 1. The first-order valence-corrected chi connectivity index (χ1v) is 8.98. The monoisotopic (exact) mass is 416 g/mol. The van der Waals surface area contributed by atoms with Crippen LogP contribution in [0.15, 0.2) is 41.2 Å². The number of hydrogen-bond donors (Lipinski definition) is 1. The summed E-state index contributed by atoms with van der Waals surface area (Å²) in [5.41, 5.74) is 0.0700. The van der Waals surface area contributed by atoms with E-state index < -0.39 is 22.2 Å². The van der Waals surface area contributed by atoms with Crippen molar-refractivity contribution in [2.24, 2.45) is 0 Å². The fourth-order valence-corrected chi connectivity index (χ4v) is 3.53. The number of nitro benzene ring substituents is 1. The summed E-state index contributed by atoms with van der Waals surface area (Å²) in [6.07, 6.45) is -2.44. The summed E-state index contributed by atoms with van der Waals surface area (Å²) in [4.78, 5) is 27.8. The van der Waals surface area contributed by atoms with Gasteiger partial charge in [-0.05, 0) is 47.9 Å². The molecule has 1 aromatic heterocycles. The quantitative estimate of drug-likeness (QED) is 0.508. The van der Waals surface area contributed by atoms with Gasteiger partial charge in [-0.25, -0.2) is 4.98 Å². The number of nitro groups is 1. The first-order valence-electron chi connectivity index (χ1n) is 8.98. The predicted octanol–water partition coefficient (Wildman–Crippen LogP) is 4.31. The first kappa shape index (κ1) is 19.6. The Kier molecular flexibility index (Phi) is 4.56. The van der Waals surface area contributed by atoms with Crippen LogP contribution in [0.3, 0.4) is 0 Å². The maximum atomic E-state index is 13.0. The van der Waals surface area contributed by atoms with Gasteiger partial charge in [0.2, 0.25) is 0 Å². The molecule has 0 fully saturated rings. The van der Waals surface area contributed by atoms with Crippen molar-refractivity contribution in [3.8, 4) is 0 Å². The van der Waals surface area contributed by atoms with Gasteiger partial charge in [-0.15, -0.1) is 0 Å². The third-order valence-electron chi connectivity index (χ3n) is 5.00. The fraction of sp³-hybridized carbons (Fsp3) is 0.200. The summed E-state index contributed by atoms with van der Waals surface area (Å²) < 4.78 is 40.5. The molecule has 0 aliphatic carbocycles. The zero-order valence-corrected chi connectivity index (χ0v) is 15.7. The predicted molar refractivity (Wildman–Crippen MR) is 106 cm³/mol. The van der Waals surface area contributed by atoms with E-state index in [2.05, 4.69) is 10.3 Å². The SMILES string of the molecule is CNc1ccc(/C=C2/CCn3c2nc2cc(C(F)(F)F)ccc2c3=O)cc1[N+](=O)[O-]. The van der Waals surface area contributed by atoms with E-state index in [1.165, 1.54) is 10.6 Å². The molecule has 0 saturated heterocycles. The number of fused-ring (bicyclic) bond motifs is 2. The average molecular weight is 416 g/mol. The van der Waals surface area contributed by atoms with Gasteiger partial charge in [0.1, 0.15) is 11.5 Å². The molecular formula is C20H15F3N4O3. The highest BCUT2D eigenvalue weighted by molar-refractivity contribution is 5.85. The second kappa shape index (κ2) is 6.97. The van der Waals surface area contributed by atoms with E-state index in [0.717, 1.165) is 18.2 Å². The van der Waals surface area contributed by atoms with E-state index in [9.17, 15) is 28.1 Å².